The number of benzene rings is 2. The molecule has 1 aromatic heterocycles. The van der Waals surface area contributed by atoms with E-state index < -0.39 is 6.10 Å². The maximum Gasteiger partial charge on any atom is 0.231 e. The Morgan fingerprint density at radius 1 is 1.14 bits per heavy atom. The third-order valence-electron chi connectivity index (χ3n) is 4.61. The molecule has 146 valence electrons. The summed E-state index contributed by atoms with van der Waals surface area (Å²) in [5.74, 6) is 1.53. The predicted octanol–water partition coefficient (Wildman–Crippen LogP) is 3.84. The van der Waals surface area contributed by atoms with E-state index in [4.69, 9.17) is 21.1 Å². The second-order valence-corrected chi connectivity index (χ2v) is 7.42. The van der Waals surface area contributed by atoms with Crippen LogP contribution in [-0.2, 0) is 13.1 Å². The summed E-state index contributed by atoms with van der Waals surface area (Å²) in [5.41, 5.74) is 4.14. The molecule has 2 heterocycles. The number of halogens is 1. The van der Waals surface area contributed by atoms with Crippen LogP contribution in [0.5, 0.6) is 11.5 Å². The minimum atomic E-state index is -0.445. The van der Waals surface area contributed by atoms with Gasteiger partial charge in [0.05, 0.1) is 18.0 Å². The van der Waals surface area contributed by atoms with Crippen LogP contribution in [0.2, 0.25) is 5.02 Å². The molecule has 2 aromatic carbocycles. The molecule has 1 aliphatic rings. The van der Waals surface area contributed by atoms with Crippen LogP contribution in [0.15, 0.2) is 48.7 Å². The molecule has 6 nitrogen and oxygen atoms in total. The first-order valence-electron chi connectivity index (χ1n) is 9.15. The maximum atomic E-state index is 9.98. The molecule has 1 aliphatic heterocycles. The smallest absolute Gasteiger partial charge is 0.231 e. The molecule has 0 saturated heterocycles. The molecule has 2 N–H and O–H groups in total. The van der Waals surface area contributed by atoms with Crippen molar-refractivity contribution in [3.8, 4) is 22.8 Å². The third-order valence-corrected chi connectivity index (χ3v) is 4.86. The van der Waals surface area contributed by atoms with Crippen molar-refractivity contribution >= 4 is 11.6 Å². The lowest BCUT2D eigenvalue weighted by Gasteiger charge is -2.24. The molecule has 0 radical (unpaired) electrons. The van der Waals surface area contributed by atoms with E-state index in [0.29, 0.717) is 24.7 Å². The van der Waals surface area contributed by atoms with Gasteiger partial charge in [0.1, 0.15) is 0 Å². The Bertz CT molecular complexity index is 940. The summed E-state index contributed by atoms with van der Waals surface area (Å²) < 4.78 is 10.9. The number of nitrogens with one attached hydrogen (secondary N) is 1. The van der Waals surface area contributed by atoms with Crippen molar-refractivity contribution in [2.24, 2.45) is 0 Å². The topological polar surface area (TPSA) is 70.6 Å². The van der Waals surface area contributed by atoms with Gasteiger partial charge in [-0.15, -0.1) is 0 Å². The molecule has 0 spiro atoms. The molecule has 0 fully saturated rings. The van der Waals surface area contributed by atoms with Crippen molar-refractivity contribution in [2.45, 2.75) is 26.1 Å². The van der Waals surface area contributed by atoms with Crippen molar-refractivity contribution < 1.29 is 14.6 Å². The van der Waals surface area contributed by atoms with Gasteiger partial charge in [-0.3, -0.25) is 10.00 Å². The van der Waals surface area contributed by atoms with E-state index >= 15 is 0 Å². The zero-order valence-corrected chi connectivity index (χ0v) is 16.3. The molecule has 7 heteroatoms. The molecule has 28 heavy (non-hydrogen) atoms. The zero-order valence-electron chi connectivity index (χ0n) is 15.6. The molecule has 0 unspecified atom stereocenters. The van der Waals surface area contributed by atoms with E-state index in [-0.39, 0.29) is 6.79 Å². The van der Waals surface area contributed by atoms with Crippen LogP contribution in [0, 0.1) is 0 Å². The summed E-state index contributed by atoms with van der Waals surface area (Å²) in [7, 11) is 0. The van der Waals surface area contributed by atoms with Crippen molar-refractivity contribution in [3.05, 3.63) is 64.8 Å². The van der Waals surface area contributed by atoms with Crippen LogP contribution in [-0.4, -0.2) is 39.6 Å². The molecule has 0 bridgehead atoms. The van der Waals surface area contributed by atoms with E-state index in [1.54, 1.807) is 6.92 Å². The van der Waals surface area contributed by atoms with Gasteiger partial charge >= 0.3 is 0 Å². The minimum absolute atomic E-state index is 0.260. The lowest BCUT2D eigenvalue weighted by atomic mass is 10.1. The Hall–Kier alpha value is -2.54. The summed E-state index contributed by atoms with van der Waals surface area (Å²) in [4.78, 5) is 2.19. The highest BCUT2D eigenvalue weighted by Gasteiger charge is 2.17. The van der Waals surface area contributed by atoms with Gasteiger partial charge in [-0.05, 0) is 42.3 Å². The Labute approximate surface area is 168 Å². The number of nitrogens with zero attached hydrogens (tertiary/aromatic N) is 2. The van der Waals surface area contributed by atoms with Crippen LogP contribution in [0.25, 0.3) is 11.3 Å². The predicted molar refractivity (Wildman–Crippen MR) is 107 cm³/mol. The fraction of sp³-hybridized carbons (Fsp3) is 0.286. The molecule has 0 saturated carbocycles. The SMILES string of the molecule is C[C@@H](O)CN(Cc1ccc2c(c1)OCO2)Cc1cn[nH]c1-c1ccc(Cl)cc1. The van der Waals surface area contributed by atoms with Crippen molar-refractivity contribution in [1.82, 2.24) is 15.1 Å². The lowest BCUT2D eigenvalue weighted by Crippen LogP contribution is -2.30. The fourth-order valence-corrected chi connectivity index (χ4v) is 3.52. The zero-order chi connectivity index (χ0) is 19.5. The van der Waals surface area contributed by atoms with Crippen LogP contribution >= 0.6 is 11.6 Å². The van der Waals surface area contributed by atoms with Crippen molar-refractivity contribution in [1.29, 1.82) is 0 Å². The van der Waals surface area contributed by atoms with Gasteiger partial charge in [0.2, 0.25) is 6.79 Å². The van der Waals surface area contributed by atoms with Gasteiger partial charge in [0, 0.05) is 30.2 Å². The summed E-state index contributed by atoms with van der Waals surface area (Å²) in [6, 6.07) is 13.6. The Balaban J connectivity index is 1.54. The number of ether oxygens (including phenoxy) is 2. The number of H-pyrrole nitrogens is 1. The van der Waals surface area contributed by atoms with Crippen molar-refractivity contribution in [3.63, 3.8) is 0 Å². The number of hydrogen-bond acceptors (Lipinski definition) is 5. The largest absolute Gasteiger partial charge is 0.454 e. The third kappa shape index (κ3) is 4.30. The van der Waals surface area contributed by atoms with Gasteiger partial charge in [0.25, 0.3) is 0 Å². The number of fused-ring (bicyclic) bond motifs is 1. The molecule has 4 rings (SSSR count). The first-order chi connectivity index (χ1) is 13.6. The summed E-state index contributed by atoms with van der Waals surface area (Å²) >= 11 is 6.00. The highest BCUT2D eigenvalue weighted by Crippen LogP contribution is 2.33. The Morgan fingerprint density at radius 2 is 1.93 bits per heavy atom. The van der Waals surface area contributed by atoms with Crippen LogP contribution in [0.4, 0.5) is 0 Å². The summed E-state index contributed by atoms with van der Waals surface area (Å²) in [6.45, 7) is 3.91. The quantitative estimate of drug-likeness (QED) is 0.631. The minimum Gasteiger partial charge on any atom is -0.454 e. The normalized spacial score (nSPS) is 13.9. The molecule has 3 aromatic rings. The average Bonchev–Trinajstić information content (AvgIpc) is 3.30. The second kappa shape index (κ2) is 8.22. The first-order valence-corrected chi connectivity index (χ1v) is 9.53. The fourth-order valence-electron chi connectivity index (χ4n) is 3.39. The highest BCUT2D eigenvalue weighted by atomic mass is 35.5. The summed E-state index contributed by atoms with van der Waals surface area (Å²) in [6.07, 6.45) is 1.39. The Morgan fingerprint density at radius 3 is 2.71 bits per heavy atom. The second-order valence-electron chi connectivity index (χ2n) is 6.98. The van der Waals surface area contributed by atoms with Crippen LogP contribution in [0.3, 0.4) is 0 Å². The average molecular weight is 400 g/mol. The van der Waals surface area contributed by atoms with E-state index in [0.717, 1.165) is 33.9 Å². The maximum absolute atomic E-state index is 9.98. The van der Waals surface area contributed by atoms with Gasteiger partial charge < -0.3 is 14.6 Å². The monoisotopic (exact) mass is 399 g/mol. The van der Waals surface area contributed by atoms with E-state index in [1.165, 1.54) is 0 Å². The Kier molecular flexibility index (Phi) is 5.52. The number of rotatable bonds is 7. The lowest BCUT2D eigenvalue weighted by molar-refractivity contribution is 0.118. The number of aromatic amines is 1. The van der Waals surface area contributed by atoms with Gasteiger partial charge in [0.15, 0.2) is 11.5 Å². The van der Waals surface area contributed by atoms with E-state index in [1.807, 2.05) is 48.7 Å². The van der Waals surface area contributed by atoms with E-state index in [9.17, 15) is 5.11 Å². The highest BCUT2D eigenvalue weighted by molar-refractivity contribution is 6.30. The molecular formula is C21H22ClN3O3. The van der Waals surface area contributed by atoms with E-state index in [2.05, 4.69) is 15.1 Å². The molecule has 0 amide bonds. The van der Waals surface area contributed by atoms with Crippen molar-refractivity contribution in [2.75, 3.05) is 13.3 Å². The summed E-state index contributed by atoms with van der Waals surface area (Å²) in [5, 5.41) is 18.0. The first kappa shape index (κ1) is 18.8. The number of hydrogen-bond donors (Lipinski definition) is 2. The van der Waals surface area contributed by atoms with Gasteiger partial charge in [-0.1, -0.05) is 29.8 Å². The van der Waals surface area contributed by atoms with Crippen LogP contribution in [0.1, 0.15) is 18.1 Å². The van der Waals surface area contributed by atoms with Crippen LogP contribution < -0.4 is 9.47 Å². The molecule has 1 atom stereocenters. The van der Waals surface area contributed by atoms with Gasteiger partial charge in [-0.2, -0.15) is 5.10 Å². The number of aliphatic hydroxyl groups excluding tert-OH is 1. The number of aliphatic hydroxyl groups is 1. The van der Waals surface area contributed by atoms with Gasteiger partial charge in [-0.25, -0.2) is 0 Å². The standard InChI is InChI=1S/C21H22ClN3O3/c1-14(26)10-25(11-15-2-7-19-20(8-15)28-13-27-19)12-17-9-23-24-21(17)16-3-5-18(22)6-4-16/h2-9,14,26H,10-13H2,1H3,(H,23,24)/t14-/m1/s1. The molecule has 0 aliphatic carbocycles. The molecular weight excluding hydrogens is 378 g/mol. The number of aromatic nitrogens is 2.